The Labute approximate surface area is 183 Å². The van der Waals surface area contributed by atoms with Gasteiger partial charge in [0.05, 0.1) is 5.60 Å². The van der Waals surface area contributed by atoms with Crippen LogP contribution in [0.3, 0.4) is 0 Å². The van der Waals surface area contributed by atoms with E-state index in [1.54, 1.807) is 26.0 Å². The minimum absolute atomic E-state index is 0.0197. The first-order valence-corrected chi connectivity index (χ1v) is 9.85. The zero-order valence-corrected chi connectivity index (χ0v) is 18.3. The SMILES string of the molecule is CNC(=O)O[C@H]1C(O)[C@H](Oc2ccc3cc(NC(C)=O)c(=O)oc3c2)OC(C)(C)[C@@H]1OC. The first kappa shape index (κ1) is 23.5. The summed E-state index contributed by atoms with van der Waals surface area (Å²) in [5, 5.41) is 16.1. The lowest BCUT2D eigenvalue weighted by Crippen LogP contribution is -2.65. The van der Waals surface area contributed by atoms with Crippen LogP contribution in [-0.4, -0.2) is 61.5 Å². The lowest BCUT2D eigenvalue weighted by molar-refractivity contribution is -0.304. The Bertz CT molecular complexity index is 1060. The fraction of sp³-hybridized carbons (Fsp3) is 0.476. The Morgan fingerprint density at radius 2 is 1.94 bits per heavy atom. The Kier molecular flexibility index (Phi) is 6.72. The van der Waals surface area contributed by atoms with E-state index in [1.165, 1.54) is 33.2 Å². The van der Waals surface area contributed by atoms with Crippen molar-refractivity contribution in [1.29, 1.82) is 0 Å². The fourth-order valence-corrected chi connectivity index (χ4v) is 3.57. The molecule has 3 rings (SSSR count). The summed E-state index contributed by atoms with van der Waals surface area (Å²) in [5.74, 6) is -0.159. The van der Waals surface area contributed by atoms with Crippen LogP contribution in [0.4, 0.5) is 10.5 Å². The monoisotopic (exact) mass is 450 g/mol. The zero-order valence-electron chi connectivity index (χ0n) is 18.3. The van der Waals surface area contributed by atoms with Gasteiger partial charge in [-0.2, -0.15) is 0 Å². The number of fused-ring (bicyclic) bond motifs is 1. The van der Waals surface area contributed by atoms with Crippen molar-refractivity contribution >= 4 is 28.7 Å². The molecule has 2 aromatic rings. The normalized spacial score (nSPS) is 24.6. The van der Waals surface area contributed by atoms with Gasteiger partial charge in [0.15, 0.2) is 12.2 Å². The number of carbonyl (C=O) groups excluding carboxylic acids is 2. The third-order valence-corrected chi connectivity index (χ3v) is 4.99. The Hall–Kier alpha value is -3.15. The summed E-state index contributed by atoms with van der Waals surface area (Å²) >= 11 is 0. The van der Waals surface area contributed by atoms with E-state index in [4.69, 9.17) is 23.4 Å². The molecule has 174 valence electrons. The lowest BCUT2D eigenvalue weighted by Gasteiger charge is -2.47. The Morgan fingerprint density at radius 1 is 1.22 bits per heavy atom. The number of rotatable bonds is 5. The maximum atomic E-state index is 12.1. The van der Waals surface area contributed by atoms with Crippen molar-refractivity contribution < 1.29 is 38.1 Å². The molecule has 0 spiro atoms. The van der Waals surface area contributed by atoms with E-state index in [0.717, 1.165) is 0 Å². The van der Waals surface area contributed by atoms with Gasteiger partial charge in [-0.1, -0.05) is 0 Å². The highest BCUT2D eigenvalue weighted by Crippen LogP contribution is 2.34. The number of aliphatic hydroxyl groups excluding tert-OH is 1. The predicted molar refractivity (Wildman–Crippen MR) is 113 cm³/mol. The van der Waals surface area contributed by atoms with Crippen molar-refractivity contribution in [3.05, 3.63) is 34.7 Å². The number of nitrogens with one attached hydrogen (secondary N) is 2. The van der Waals surface area contributed by atoms with E-state index in [-0.39, 0.29) is 17.0 Å². The van der Waals surface area contributed by atoms with Crippen LogP contribution in [0.5, 0.6) is 5.75 Å². The molecule has 11 heteroatoms. The average Bonchev–Trinajstić information content (AvgIpc) is 2.71. The minimum atomic E-state index is -1.38. The van der Waals surface area contributed by atoms with Crippen LogP contribution in [0.25, 0.3) is 11.0 Å². The van der Waals surface area contributed by atoms with Gasteiger partial charge >= 0.3 is 11.7 Å². The third-order valence-electron chi connectivity index (χ3n) is 4.99. The molecule has 11 nitrogen and oxygen atoms in total. The van der Waals surface area contributed by atoms with Crippen molar-refractivity contribution in [2.45, 2.75) is 51.0 Å². The molecule has 0 saturated carbocycles. The molecule has 1 aromatic carbocycles. The van der Waals surface area contributed by atoms with E-state index in [2.05, 4.69) is 10.6 Å². The quantitative estimate of drug-likeness (QED) is 0.575. The molecule has 0 radical (unpaired) electrons. The second-order valence-corrected chi connectivity index (χ2v) is 7.80. The van der Waals surface area contributed by atoms with E-state index in [0.29, 0.717) is 5.39 Å². The number of hydrogen-bond acceptors (Lipinski definition) is 9. The highest BCUT2D eigenvalue weighted by atomic mass is 16.7. The van der Waals surface area contributed by atoms with Gasteiger partial charge in [0.25, 0.3) is 0 Å². The van der Waals surface area contributed by atoms with Crippen LogP contribution in [0.15, 0.2) is 33.5 Å². The number of ether oxygens (including phenoxy) is 4. The number of anilines is 1. The van der Waals surface area contributed by atoms with Crippen molar-refractivity contribution in [2.75, 3.05) is 19.5 Å². The predicted octanol–water partition coefficient (Wildman–Crippen LogP) is 1.37. The highest BCUT2D eigenvalue weighted by Gasteiger charge is 2.53. The van der Waals surface area contributed by atoms with Crippen molar-refractivity contribution in [3.8, 4) is 5.75 Å². The molecule has 1 aromatic heterocycles. The smallest absolute Gasteiger partial charge is 0.407 e. The number of hydrogen-bond donors (Lipinski definition) is 3. The van der Waals surface area contributed by atoms with E-state index in [1.807, 2.05) is 0 Å². The van der Waals surface area contributed by atoms with Crippen molar-refractivity contribution in [2.24, 2.45) is 0 Å². The number of carbonyl (C=O) groups is 2. The first-order chi connectivity index (χ1) is 15.1. The van der Waals surface area contributed by atoms with Crippen LogP contribution >= 0.6 is 0 Å². The number of aliphatic hydroxyl groups is 1. The van der Waals surface area contributed by atoms with E-state index in [9.17, 15) is 19.5 Å². The Balaban J connectivity index is 1.88. The van der Waals surface area contributed by atoms with Crippen molar-refractivity contribution in [1.82, 2.24) is 5.32 Å². The molecule has 1 fully saturated rings. The molecular weight excluding hydrogens is 424 g/mol. The van der Waals surface area contributed by atoms with Gasteiger partial charge in [-0.3, -0.25) is 4.79 Å². The summed E-state index contributed by atoms with van der Waals surface area (Å²) in [4.78, 5) is 35.1. The van der Waals surface area contributed by atoms with E-state index >= 15 is 0 Å². The van der Waals surface area contributed by atoms with Crippen LogP contribution in [0.1, 0.15) is 20.8 Å². The number of amides is 2. The molecular formula is C21H26N2O9. The lowest BCUT2D eigenvalue weighted by atomic mass is 9.89. The minimum Gasteiger partial charge on any atom is -0.462 e. The van der Waals surface area contributed by atoms with Gasteiger partial charge in [-0.25, -0.2) is 9.59 Å². The second-order valence-electron chi connectivity index (χ2n) is 7.80. The number of benzene rings is 1. The summed E-state index contributed by atoms with van der Waals surface area (Å²) in [6, 6.07) is 6.14. The standard InChI is InChI=1S/C21H26N2O9/c1-10(24)23-13-8-11-6-7-12(9-14(11)30-18(13)26)29-19-15(25)16(31-20(27)22-4)17(28-5)21(2,3)32-19/h6-9,15-17,19,25H,1-5H3,(H,22,27)(H,23,24)/t15?,16-,17+,19+/m0/s1. The first-order valence-electron chi connectivity index (χ1n) is 9.85. The number of methoxy groups -OCH3 is 1. The fourth-order valence-electron chi connectivity index (χ4n) is 3.57. The highest BCUT2D eigenvalue weighted by molar-refractivity contribution is 5.91. The molecule has 2 amide bonds. The molecule has 2 heterocycles. The summed E-state index contributed by atoms with van der Waals surface area (Å²) in [6.07, 6.45) is -5.18. The van der Waals surface area contributed by atoms with Crippen LogP contribution in [0.2, 0.25) is 0 Å². The zero-order chi connectivity index (χ0) is 23.6. The summed E-state index contributed by atoms with van der Waals surface area (Å²) in [7, 11) is 2.82. The maximum Gasteiger partial charge on any atom is 0.407 e. The molecule has 0 aliphatic carbocycles. The van der Waals surface area contributed by atoms with E-state index < -0.39 is 47.8 Å². The largest absolute Gasteiger partial charge is 0.462 e. The molecule has 1 saturated heterocycles. The molecule has 1 aliphatic heterocycles. The molecule has 3 N–H and O–H groups in total. The molecule has 1 aliphatic rings. The molecule has 1 unspecified atom stereocenters. The summed E-state index contributed by atoms with van der Waals surface area (Å²) in [6.45, 7) is 4.71. The van der Waals surface area contributed by atoms with Gasteiger partial charge in [-0.05, 0) is 32.0 Å². The molecule has 0 bridgehead atoms. The van der Waals surface area contributed by atoms with Gasteiger partial charge < -0.3 is 39.1 Å². The topological polar surface area (TPSA) is 146 Å². The van der Waals surface area contributed by atoms with Crippen LogP contribution in [0, 0.1) is 0 Å². The third kappa shape index (κ3) is 4.85. The Morgan fingerprint density at radius 3 is 2.56 bits per heavy atom. The maximum absolute atomic E-state index is 12.1. The van der Waals surface area contributed by atoms with Crippen LogP contribution < -0.4 is 21.0 Å². The second kappa shape index (κ2) is 9.15. The molecule has 4 atom stereocenters. The molecule has 32 heavy (non-hydrogen) atoms. The van der Waals surface area contributed by atoms with Gasteiger partial charge in [0.1, 0.15) is 23.1 Å². The summed E-state index contributed by atoms with van der Waals surface area (Å²) in [5.41, 5.74) is -1.47. The average molecular weight is 450 g/mol. The van der Waals surface area contributed by atoms with Crippen LogP contribution in [-0.2, 0) is 19.0 Å². The van der Waals surface area contributed by atoms with Gasteiger partial charge in [0.2, 0.25) is 12.2 Å². The van der Waals surface area contributed by atoms with Gasteiger partial charge in [0, 0.05) is 32.5 Å². The van der Waals surface area contributed by atoms with Crippen molar-refractivity contribution in [3.63, 3.8) is 0 Å². The van der Waals surface area contributed by atoms with Gasteiger partial charge in [-0.15, -0.1) is 0 Å². The summed E-state index contributed by atoms with van der Waals surface area (Å²) < 4.78 is 27.7. The number of alkyl carbamates (subject to hydrolysis) is 1.